The van der Waals surface area contributed by atoms with Crippen molar-refractivity contribution < 1.29 is 14.2 Å². The van der Waals surface area contributed by atoms with Crippen molar-refractivity contribution in [3.63, 3.8) is 0 Å². The van der Waals surface area contributed by atoms with E-state index in [4.69, 9.17) is 14.2 Å². The molecule has 0 aliphatic carbocycles. The van der Waals surface area contributed by atoms with E-state index in [1.807, 2.05) is 0 Å². The molecule has 0 N–H and O–H groups in total. The van der Waals surface area contributed by atoms with E-state index in [1.54, 1.807) is 0 Å². The Morgan fingerprint density at radius 3 is 1.33 bits per heavy atom. The fourth-order valence-electron chi connectivity index (χ4n) is 2.92. The lowest BCUT2D eigenvalue weighted by Gasteiger charge is -2.33. The Bertz CT molecular complexity index is 217. The molecule has 24 heavy (non-hydrogen) atoms. The highest BCUT2D eigenvalue weighted by molar-refractivity contribution is 4.79. The average molecular weight is 345 g/mol. The van der Waals surface area contributed by atoms with Crippen molar-refractivity contribution >= 4 is 0 Å². The van der Waals surface area contributed by atoms with E-state index in [9.17, 15) is 0 Å². The summed E-state index contributed by atoms with van der Waals surface area (Å²) in [5.74, 6) is 0. The normalized spacial score (nSPS) is 12.0. The quantitative estimate of drug-likeness (QED) is 0.269. The Labute approximate surface area is 151 Å². The fraction of sp³-hybridized carbons (Fsp3) is 1.00. The van der Waals surface area contributed by atoms with Crippen LogP contribution in [0.1, 0.15) is 91.9 Å². The molecule has 3 nitrogen and oxygen atoms in total. The van der Waals surface area contributed by atoms with Gasteiger partial charge in [-0.05, 0) is 25.7 Å². The number of rotatable bonds is 19. The van der Waals surface area contributed by atoms with Gasteiger partial charge in [0.1, 0.15) is 0 Å². The van der Waals surface area contributed by atoms with Crippen molar-refractivity contribution in [3.05, 3.63) is 0 Å². The second kappa shape index (κ2) is 17.7. The van der Waals surface area contributed by atoms with Crippen molar-refractivity contribution in [1.29, 1.82) is 0 Å². The van der Waals surface area contributed by atoms with Crippen LogP contribution in [0.5, 0.6) is 0 Å². The van der Waals surface area contributed by atoms with Crippen LogP contribution in [0.3, 0.4) is 0 Å². The topological polar surface area (TPSA) is 27.7 Å². The Hall–Kier alpha value is -0.120. The third-order valence-electron chi connectivity index (χ3n) is 4.33. The zero-order chi connectivity index (χ0) is 17.9. The molecule has 0 aliphatic rings. The van der Waals surface area contributed by atoms with Crippen LogP contribution in [-0.2, 0) is 14.2 Å². The molecule has 0 fully saturated rings. The van der Waals surface area contributed by atoms with Gasteiger partial charge in [0.05, 0.1) is 19.8 Å². The van der Waals surface area contributed by atoms with Crippen LogP contribution in [0.15, 0.2) is 0 Å². The van der Waals surface area contributed by atoms with Crippen LogP contribution in [0, 0.1) is 5.41 Å². The van der Waals surface area contributed by atoms with Crippen LogP contribution in [-0.4, -0.2) is 39.6 Å². The number of ether oxygens (including phenoxy) is 3. The van der Waals surface area contributed by atoms with Gasteiger partial charge in [0.15, 0.2) is 0 Å². The predicted octanol–water partition coefficient (Wildman–Crippen LogP) is 6.00. The molecule has 0 radical (unpaired) electrons. The van der Waals surface area contributed by atoms with Crippen molar-refractivity contribution in [2.75, 3.05) is 39.6 Å². The predicted molar refractivity (Wildman–Crippen MR) is 104 cm³/mol. The summed E-state index contributed by atoms with van der Waals surface area (Å²) in [5, 5.41) is 0. The molecule has 0 aliphatic heterocycles. The number of hydrogen-bond donors (Lipinski definition) is 0. The van der Waals surface area contributed by atoms with Gasteiger partial charge in [0.25, 0.3) is 0 Å². The summed E-state index contributed by atoms with van der Waals surface area (Å²) in [6, 6.07) is 0. The molecular formula is C21H44O3. The summed E-state index contributed by atoms with van der Waals surface area (Å²) < 4.78 is 17.8. The molecule has 3 heteroatoms. The van der Waals surface area contributed by atoms with Crippen LogP contribution < -0.4 is 0 Å². The smallest absolute Gasteiger partial charge is 0.0566 e. The molecule has 0 aromatic heterocycles. The van der Waals surface area contributed by atoms with Gasteiger partial charge in [-0.25, -0.2) is 0 Å². The first-order valence-corrected chi connectivity index (χ1v) is 10.5. The SMILES string of the molecule is CCCCCCCCC(COCCC)(COCCC)COCCC. The molecule has 0 heterocycles. The number of hydrogen-bond acceptors (Lipinski definition) is 3. The van der Waals surface area contributed by atoms with Gasteiger partial charge in [-0.15, -0.1) is 0 Å². The van der Waals surface area contributed by atoms with Crippen LogP contribution in [0.4, 0.5) is 0 Å². The van der Waals surface area contributed by atoms with Gasteiger partial charge in [0.2, 0.25) is 0 Å². The highest BCUT2D eigenvalue weighted by atomic mass is 16.5. The van der Waals surface area contributed by atoms with Gasteiger partial charge < -0.3 is 14.2 Å². The molecule has 0 amide bonds. The molecule has 0 rings (SSSR count). The Balaban J connectivity index is 4.48. The van der Waals surface area contributed by atoms with Crippen molar-refractivity contribution in [1.82, 2.24) is 0 Å². The molecule has 0 saturated heterocycles. The minimum atomic E-state index is 0.0320. The minimum Gasteiger partial charge on any atom is -0.381 e. The van der Waals surface area contributed by atoms with Crippen LogP contribution >= 0.6 is 0 Å². The summed E-state index contributed by atoms with van der Waals surface area (Å²) in [7, 11) is 0. The lowest BCUT2D eigenvalue weighted by Crippen LogP contribution is -2.38. The minimum absolute atomic E-state index is 0.0320. The van der Waals surface area contributed by atoms with Gasteiger partial charge in [-0.3, -0.25) is 0 Å². The van der Waals surface area contributed by atoms with E-state index in [2.05, 4.69) is 27.7 Å². The summed E-state index contributed by atoms with van der Waals surface area (Å²) in [4.78, 5) is 0. The first kappa shape index (κ1) is 23.9. The molecular weight excluding hydrogens is 300 g/mol. The molecule has 0 spiro atoms. The second-order valence-corrected chi connectivity index (χ2v) is 7.18. The number of unbranched alkanes of at least 4 members (excludes halogenated alkanes) is 5. The summed E-state index contributed by atoms with van der Waals surface area (Å²) >= 11 is 0. The maximum absolute atomic E-state index is 5.95. The summed E-state index contributed by atoms with van der Waals surface area (Å²) in [6.45, 7) is 13.6. The first-order valence-electron chi connectivity index (χ1n) is 10.5. The van der Waals surface area contributed by atoms with Gasteiger partial charge in [0, 0.05) is 25.2 Å². The lowest BCUT2D eigenvalue weighted by molar-refractivity contribution is -0.0745. The van der Waals surface area contributed by atoms with Crippen LogP contribution in [0.2, 0.25) is 0 Å². The van der Waals surface area contributed by atoms with Gasteiger partial charge in [-0.1, -0.05) is 66.2 Å². The summed E-state index contributed by atoms with van der Waals surface area (Å²) in [5.41, 5.74) is 0.0320. The van der Waals surface area contributed by atoms with Crippen molar-refractivity contribution in [2.24, 2.45) is 5.41 Å². The standard InChI is InChI=1S/C21H44O3/c1-5-9-10-11-12-13-14-21(18-22-15-6-2,19-23-16-7-3)20-24-17-8-4/h5-20H2,1-4H3. The first-order chi connectivity index (χ1) is 11.7. The average Bonchev–Trinajstić information content (AvgIpc) is 2.58. The van der Waals surface area contributed by atoms with Crippen LogP contribution in [0.25, 0.3) is 0 Å². The fourth-order valence-corrected chi connectivity index (χ4v) is 2.92. The van der Waals surface area contributed by atoms with E-state index in [0.29, 0.717) is 0 Å². The molecule has 146 valence electrons. The Morgan fingerprint density at radius 1 is 0.500 bits per heavy atom. The summed E-state index contributed by atoms with van der Waals surface area (Å²) in [6.07, 6.45) is 12.3. The van der Waals surface area contributed by atoms with Crippen molar-refractivity contribution in [3.8, 4) is 0 Å². The Kier molecular flexibility index (Phi) is 17.6. The zero-order valence-electron chi connectivity index (χ0n) is 17.0. The third-order valence-corrected chi connectivity index (χ3v) is 4.33. The molecule has 0 unspecified atom stereocenters. The van der Waals surface area contributed by atoms with E-state index in [-0.39, 0.29) is 5.41 Å². The van der Waals surface area contributed by atoms with Gasteiger partial charge in [-0.2, -0.15) is 0 Å². The molecule has 0 aromatic carbocycles. The largest absolute Gasteiger partial charge is 0.381 e. The maximum atomic E-state index is 5.95. The highest BCUT2D eigenvalue weighted by Gasteiger charge is 2.31. The molecule has 0 bridgehead atoms. The Morgan fingerprint density at radius 2 is 0.917 bits per heavy atom. The lowest BCUT2D eigenvalue weighted by atomic mass is 9.84. The monoisotopic (exact) mass is 344 g/mol. The van der Waals surface area contributed by atoms with E-state index >= 15 is 0 Å². The molecule has 0 aromatic rings. The second-order valence-electron chi connectivity index (χ2n) is 7.18. The molecule has 0 atom stereocenters. The van der Waals surface area contributed by atoms with Gasteiger partial charge >= 0.3 is 0 Å². The van der Waals surface area contributed by atoms with E-state index in [1.165, 1.54) is 38.5 Å². The van der Waals surface area contributed by atoms with E-state index in [0.717, 1.165) is 65.3 Å². The third kappa shape index (κ3) is 13.2. The van der Waals surface area contributed by atoms with Crippen molar-refractivity contribution in [2.45, 2.75) is 91.9 Å². The highest BCUT2D eigenvalue weighted by Crippen LogP contribution is 2.28. The van der Waals surface area contributed by atoms with E-state index < -0.39 is 0 Å². The maximum Gasteiger partial charge on any atom is 0.0566 e. The zero-order valence-corrected chi connectivity index (χ0v) is 17.0. The molecule has 0 saturated carbocycles.